The first-order chi connectivity index (χ1) is 12.1. The highest BCUT2D eigenvalue weighted by Crippen LogP contribution is 2.37. The van der Waals surface area contributed by atoms with Gasteiger partial charge in [-0.05, 0) is 30.0 Å². The molecule has 1 amide bonds. The highest BCUT2D eigenvalue weighted by atomic mass is 19.4. The largest absolute Gasteiger partial charge is 0.481 e. The van der Waals surface area contributed by atoms with E-state index in [-0.39, 0.29) is 13.1 Å². The number of carboxylic acids is 1. The second kappa shape index (κ2) is 8.07. The van der Waals surface area contributed by atoms with Crippen molar-refractivity contribution in [3.63, 3.8) is 0 Å². The monoisotopic (exact) mass is 372 g/mol. The van der Waals surface area contributed by atoms with E-state index >= 15 is 0 Å². The molecule has 1 aromatic carbocycles. The fourth-order valence-corrected chi connectivity index (χ4v) is 3.13. The Morgan fingerprint density at radius 3 is 2.35 bits per heavy atom. The number of alkyl halides is 3. The van der Waals surface area contributed by atoms with Crippen LogP contribution in [0.2, 0.25) is 0 Å². The van der Waals surface area contributed by atoms with Crippen LogP contribution >= 0.6 is 0 Å². The minimum Gasteiger partial charge on any atom is -0.481 e. The molecule has 0 saturated carbocycles. The van der Waals surface area contributed by atoms with Crippen molar-refractivity contribution in [1.82, 2.24) is 4.90 Å². The number of anilines is 1. The summed E-state index contributed by atoms with van der Waals surface area (Å²) in [6.07, 6.45) is -3.61. The van der Waals surface area contributed by atoms with Gasteiger partial charge in [0.1, 0.15) is 0 Å². The van der Waals surface area contributed by atoms with Crippen LogP contribution in [-0.2, 0) is 9.59 Å². The predicted molar refractivity (Wildman–Crippen MR) is 90.9 cm³/mol. The van der Waals surface area contributed by atoms with E-state index in [1.165, 1.54) is 4.90 Å². The van der Waals surface area contributed by atoms with E-state index in [1.807, 2.05) is 12.1 Å². The molecule has 1 aliphatic rings. The van der Waals surface area contributed by atoms with Gasteiger partial charge in [-0.2, -0.15) is 13.2 Å². The van der Waals surface area contributed by atoms with Crippen molar-refractivity contribution in [1.29, 1.82) is 0 Å². The van der Waals surface area contributed by atoms with Gasteiger partial charge in [0.2, 0.25) is 5.91 Å². The lowest BCUT2D eigenvalue weighted by Crippen LogP contribution is -2.34. The van der Waals surface area contributed by atoms with Crippen molar-refractivity contribution in [2.75, 3.05) is 25.0 Å². The third kappa shape index (κ3) is 4.97. The first kappa shape index (κ1) is 20.2. The normalized spacial score (nSPS) is 22.2. The molecule has 144 valence electrons. The second-order valence-electron chi connectivity index (χ2n) is 6.77. The van der Waals surface area contributed by atoms with Crippen LogP contribution < -0.4 is 5.32 Å². The van der Waals surface area contributed by atoms with Gasteiger partial charge in [-0.15, -0.1) is 0 Å². The number of aliphatic carboxylic acids is 1. The minimum atomic E-state index is -4.60. The third-order valence-electron chi connectivity index (χ3n) is 4.88. The summed E-state index contributed by atoms with van der Waals surface area (Å²) in [5, 5.41) is 11.6. The molecule has 0 spiro atoms. The lowest BCUT2D eigenvalue weighted by molar-refractivity contribution is -0.188. The number of nitrogens with one attached hydrogen (secondary N) is 1. The van der Waals surface area contributed by atoms with Crippen molar-refractivity contribution in [3.8, 4) is 0 Å². The zero-order valence-electron chi connectivity index (χ0n) is 14.7. The molecule has 0 bridgehead atoms. The summed E-state index contributed by atoms with van der Waals surface area (Å²) < 4.78 is 38.9. The number of carbonyl (C=O) groups excluding carboxylic acids is 1. The van der Waals surface area contributed by atoms with Gasteiger partial charge in [-0.1, -0.05) is 26.0 Å². The van der Waals surface area contributed by atoms with Gasteiger partial charge in [0.25, 0.3) is 0 Å². The Labute approximate surface area is 150 Å². The maximum atomic E-state index is 13.0. The van der Waals surface area contributed by atoms with Crippen LogP contribution in [0.4, 0.5) is 18.9 Å². The summed E-state index contributed by atoms with van der Waals surface area (Å²) in [6.45, 7) is 3.12. The van der Waals surface area contributed by atoms with E-state index in [0.29, 0.717) is 11.6 Å². The lowest BCUT2D eigenvalue weighted by Gasteiger charge is -2.18. The standard InChI is InChI=1S/C18H23F3N2O3/c1-3-11(2)12-4-6-13(7-5-12)22-16(24)10-23-8-14(17(25)26)15(9-23)18(19,20)21/h4-7,11,14-15H,3,8-10H2,1-2H3,(H,22,24)(H,25,26)/t11?,14-,15-/m1/s1. The molecule has 1 unspecified atom stereocenters. The molecule has 1 aliphatic heterocycles. The summed E-state index contributed by atoms with van der Waals surface area (Å²) in [5.41, 5.74) is 1.70. The molecule has 1 aromatic rings. The van der Waals surface area contributed by atoms with E-state index in [0.717, 1.165) is 12.0 Å². The van der Waals surface area contributed by atoms with Gasteiger partial charge in [-0.25, -0.2) is 0 Å². The van der Waals surface area contributed by atoms with Crippen molar-refractivity contribution < 1.29 is 27.9 Å². The number of amides is 1. The molecule has 3 atom stereocenters. The average Bonchev–Trinajstić information content (AvgIpc) is 2.99. The van der Waals surface area contributed by atoms with Crippen molar-refractivity contribution in [2.45, 2.75) is 32.4 Å². The molecule has 5 nitrogen and oxygen atoms in total. The Bertz CT molecular complexity index is 646. The number of hydrogen-bond donors (Lipinski definition) is 2. The van der Waals surface area contributed by atoms with Crippen LogP contribution in [-0.4, -0.2) is 47.7 Å². The fraction of sp³-hybridized carbons (Fsp3) is 0.556. The molecule has 0 aliphatic carbocycles. The average molecular weight is 372 g/mol. The molecular weight excluding hydrogens is 349 g/mol. The van der Waals surface area contributed by atoms with Crippen LogP contribution in [0.5, 0.6) is 0 Å². The number of nitrogens with zero attached hydrogens (tertiary/aromatic N) is 1. The fourth-order valence-electron chi connectivity index (χ4n) is 3.13. The van der Waals surface area contributed by atoms with Gasteiger partial charge >= 0.3 is 12.1 Å². The molecule has 26 heavy (non-hydrogen) atoms. The summed E-state index contributed by atoms with van der Waals surface area (Å²) >= 11 is 0. The van der Waals surface area contributed by atoms with Gasteiger partial charge < -0.3 is 10.4 Å². The van der Waals surface area contributed by atoms with Crippen LogP contribution in [0, 0.1) is 11.8 Å². The van der Waals surface area contributed by atoms with E-state index in [9.17, 15) is 22.8 Å². The smallest absolute Gasteiger partial charge is 0.393 e. The van der Waals surface area contributed by atoms with Gasteiger partial charge in [0.05, 0.1) is 18.4 Å². The highest BCUT2D eigenvalue weighted by molar-refractivity contribution is 5.92. The quantitative estimate of drug-likeness (QED) is 0.804. The predicted octanol–water partition coefficient (Wildman–Crippen LogP) is 3.33. The molecule has 0 aromatic heterocycles. The number of carboxylic acid groups (broad SMARTS) is 1. The summed E-state index contributed by atoms with van der Waals surface area (Å²) in [6, 6.07) is 7.31. The molecular formula is C18H23F3N2O3. The Kier molecular flexibility index (Phi) is 6.28. The molecule has 1 heterocycles. The summed E-state index contributed by atoms with van der Waals surface area (Å²) in [5.74, 6) is -5.05. The molecule has 2 N–H and O–H groups in total. The first-order valence-electron chi connectivity index (χ1n) is 8.53. The lowest BCUT2D eigenvalue weighted by atomic mass is 9.96. The van der Waals surface area contributed by atoms with Crippen molar-refractivity contribution >= 4 is 17.6 Å². The zero-order chi connectivity index (χ0) is 19.5. The molecule has 0 radical (unpaired) electrons. The van der Waals surface area contributed by atoms with E-state index in [2.05, 4.69) is 19.2 Å². The Morgan fingerprint density at radius 1 is 1.27 bits per heavy atom. The van der Waals surface area contributed by atoms with Gasteiger partial charge in [0.15, 0.2) is 0 Å². The molecule has 2 rings (SSSR count). The first-order valence-corrected chi connectivity index (χ1v) is 8.53. The third-order valence-corrected chi connectivity index (χ3v) is 4.88. The maximum Gasteiger partial charge on any atom is 0.393 e. The van der Waals surface area contributed by atoms with E-state index in [4.69, 9.17) is 5.11 Å². The topological polar surface area (TPSA) is 69.6 Å². The van der Waals surface area contributed by atoms with Crippen molar-refractivity contribution in [2.24, 2.45) is 11.8 Å². The number of carbonyl (C=O) groups is 2. The second-order valence-corrected chi connectivity index (χ2v) is 6.77. The molecule has 8 heteroatoms. The number of likely N-dealkylation sites (tertiary alicyclic amines) is 1. The number of benzene rings is 1. The van der Waals surface area contributed by atoms with E-state index < -0.39 is 36.4 Å². The van der Waals surface area contributed by atoms with Crippen LogP contribution in [0.15, 0.2) is 24.3 Å². The zero-order valence-corrected chi connectivity index (χ0v) is 14.7. The SMILES string of the molecule is CCC(C)c1ccc(NC(=O)CN2C[C@@H](C(F)(F)F)[C@H](C(=O)O)C2)cc1. The molecule has 1 fully saturated rings. The Balaban J connectivity index is 1.94. The van der Waals surface area contributed by atoms with Crippen LogP contribution in [0.3, 0.4) is 0 Å². The van der Waals surface area contributed by atoms with Crippen molar-refractivity contribution in [3.05, 3.63) is 29.8 Å². The Hall–Kier alpha value is -2.09. The van der Waals surface area contributed by atoms with E-state index in [1.54, 1.807) is 12.1 Å². The highest BCUT2D eigenvalue weighted by Gasteiger charge is 2.52. The summed E-state index contributed by atoms with van der Waals surface area (Å²) in [4.78, 5) is 24.4. The Morgan fingerprint density at radius 2 is 1.88 bits per heavy atom. The maximum absolute atomic E-state index is 13.0. The number of halogens is 3. The number of hydrogen-bond acceptors (Lipinski definition) is 3. The van der Waals surface area contributed by atoms with Crippen LogP contribution in [0.25, 0.3) is 0 Å². The van der Waals surface area contributed by atoms with Crippen LogP contribution in [0.1, 0.15) is 31.7 Å². The number of rotatable bonds is 6. The summed E-state index contributed by atoms with van der Waals surface area (Å²) in [7, 11) is 0. The molecule has 1 saturated heterocycles. The van der Waals surface area contributed by atoms with Gasteiger partial charge in [0, 0.05) is 18.8 Å². The van der Waals surface area contributed by atoms with Gasteiger partial charge in [-0.3, -0.25) is 14.5 Å². The minimum absolute atomic E-state index is 0.274.